The number of likely N-dealkylation sites (tertiary alicyclic amines) is 1. The molecule has 1 aromatic heterocycles. The van der Waals surface area contributed by atoms with Crippen molar-refractivity contribution in [2.45, 2.75) is 19.0 Å². The summed E-state index contributed by atoms with van der Waals surface area (Å²) in [5, 5.41) is 0. The van der Waals surface area contributed by atoms with Crippen molar-refractivity contribution in [3.8, 4) is 0 Å². The summed E-state index contributed by atoms with van der Waals surface area (Å²) in [5.74, 6) is 0.978. The zero-order valence-electron chi connectivity index (χ0n) is 9.55. The van der Waals surface area contributed by atoms with Crippen LogP contribution in [0, 0.1) is 0 Å². The third-order valence-electron chi connectivity index (χ3n) is 3.66. The fourth-order valence-electron chi connectivity index (χ4n) is 2.52. The van der Waals surface area contributed by atoms with Crippen LogP contribution in [0.3, 0.4) is 0 Å². The molecule has 3 heterocycles. The van der Waals surface area contributed by atoms with E-state index in [1.807, 2.05) is 12.1 Å². The largest absolute Gasteiger partial charge is 0.349 e. The second-order valence-electron chi connectivity index (χ2n) is 4.66. The number of hydrogen-bond donors (Lipinski definition) is 0. The van der Waals surface area contributed by atoms with E-state index in [4.69, 9.17) is 0 Å². The second kappa shape index (κ2) is 3.28. The van der Waals surface area contributed by atoms with Crippen molar-refractivity contribution >= 4 is 11.6 Å². The van der Waals surface area contributed by atoms with Gasteiger partial charge in [-0.3, -0.25) is 9.69 Å². The number of carbonyl (C=O) groups excluding carboxylic acids is 1. The summed E-state index contributed by atoms with van der Waals surface area (Å²) in [6.07, 6.45) is 0. The monoisotopic (exact) mass is 217 g/mol. The maximum Gasteiger partial charge on any atom is 0.178 e. The first-order valence-corrected chi connectivity index (χ1v) is 5.61. The molecule has 0 bridgehead atoms. The number of carbonyl (C=O) groups is 1. The zero-order chi connectivity index (χ0) is 11.3. The molecule has 16 heavy (non-hydrogen) atoms. The minimum atomic E-state index is 0.0321. The topological polar surface area (TPSA) is 36.4 Å². The molecule has 2 aliphatic heterocycles. The number of hydrogen-bond acceptors (Lipinski definition) is 4. The number of piperazine rings is 1. The summed E-state index contributed by atoms with van der Waals surface area (Å²) in [4.78, 5) is 20.3. The molecule has 0 amide bonds. The molecular weight excluding hydrogens is 202 g/mol. The first-order chi connectivity index (χ1) is 7.66. The normalized spacial score (nSPS) is 28.0. The van der Waals surface area contributed by atoms with E-state index in [0.29, 0.717) is 17.8 Å². The molecule has 2 atom stereocenters. The smallest absolute Gasteiger partial charge is 0.178 e. The van der Waals surface area contributed by atoms with Gasteiger partial charge in [0.05, 0.1) is 6.04 Å². The molecule has 4 nitrogen and oxygen atoms in total. The number of aromatic nitrogens is 1. The SMILES string of the molecule is CC(=O)c1cccc(N2CC3[C@@H]2CN3C)n1. The van der Waals surface area contributed by atoms with Crippen molar-refractivity contribution in [3.05, 3.63) is 23.9 Å². The molecule has 3 rings (SSSR count). The van der Waals surface area contributed by atoms with Crippen LogP contribution >= 0.6 is 0 Å². The van der Waals surface area contributed by atoms with Crippen LogP contribution in [0.5, 0.6) is 0 Å². The number of fused-ring (bicyclic) bond motifs is 1. The Morgan fingerprint density at radius 2 is 2.19 bits per heavy atom. The summed E-state index contributed by atoms with van der Waals surface area (Å²) in [6, 6.07) is 6.98. The standard InChI is InChI=1S/C12H15N3O/c1-8(16)9-4-3-5-12(13-9)15-7-10-11(15)6-14(10)2/h3-5,10-11H,6-7H2,1-2H3/t10?,11-/m0/s1. The van der Waals surface area contributed by atoms with Gasteiger partial charge in [-0.15, -0.1) is 0 Å². The maximum absolute atomic E-state index is 11.2. The van der Waals surface area contributed by atoms with Crippen molar-refractivity contribution in [1.29, 1.82) is 0 Å². The van der Waals surface area contributed by atoms with Crippen LogP contribution in [-0.4, -0.2) is 47.9 Å². The Morgan fingerprint density at radius 3 is 2.75 bits per heavy atom. The first-order valence-electron chi connectivity index (χ1n) is 5.61. The van der Waals surface area contributed by atoms with Crippen molar-refractivity contribution in [1.82, 2.24) is 9.88 Å². The van der Waals surface area contributed by atoms with Gasteiger partial charge in [-0.25, -0.2) is 4.98 Å². The molecule has 0 spiro atoms. The molecule has 0 N–H and O–H groups in total. The number of nitrogens with zero attached hydrogens (tertiary/aromatic N) is 3. The molecular formula is C12H15N3O. The van der Waals surface area contributed by atoms with E-state index in [1.54, 1.807) is 13.0 Å². The van der Waals surface area contributed by atoms with Gasteiger partial charge in [-0.05, 0) is 19.2 Å². The van der Waals surface area contributed by atoms with Crippen LogP contribution in [0.2, 0.25) is 0 Å². The Balaban J connectivity index is 1.81. The van der Waals surface area contributed by atoms with Gasteiger partial charge < -0.3 is 4.90 Å². The highest BCUT2D eigenvalue weighted by Crippen LogP contribution is 2.35. The summed E-state index contributed by atoms with van der Waals surface area (Å²) >= 11 is 0. The van der Waals surface area contributed by atoms with Gasteiger partial charge >= 0.3 is 0 Å². The lowest BCUT2D eigenvalue weighted by Gasteiger charge is -2.61. The number of rotatable bonds is 2. The molecule has 2 aliphatic rings. The van der Waals surface area contributed by atoms with E-state index in [-0.39, 0.29) is 5.78 Å². The van der Waals surface area contributed by atoms with Gasteiger partial charge in [0, 0.05) is 26.1 Å². The minimum Gasteiger partial charge on any atom is -0.349 e. The molecule has 0 radical (unpaired) electrons. The lowest BCUT2D eigenvalue weighted by molar-refractivity contribution is 0.0361. The molecule has 0 saturated carbocycles. The summed E-state index contributed by atoms with van der Waals surface area (Å²) in [6.45, 7) is 3.70. The number of pyridine rings is 1. The van der Waals surface area contributed by atoms with Gasteiger partial charge in [0.15, 0.2) is 5.78 Å². The Morgan fingerprint density at radius 1 is 1.38 bits per heavy atom. The quantitative estimate of drug-likeness (QED) is 0.686. The van der Waals surface area contributed by atoms with Gasteiger partial charge in [0.2, 0.25) is 0 Å². The van der Waals surface area contributed by atoms with Crippen LogP contribution in [0.25, 0.3) is 0 Å². The molecule has 2 fully saturated rings. The molecule has 84 valence electrons. The Bertz CT molecular complexity index is 446. The first kappa shape index (κ1) is 9.78. The van der Waals surface area contributed by atoms with E-state index in [1.165, 1.54) is 0 Å². The van der Waals surface area contributed by atoms with Gasteiger partial charge in [0.1, 0.15) is 11.5 Å². The zero-order valence-corrected chi connectivity index (χ0v) is 9.55. The summed E-state index contributed by atoms with van der Waals surface area (Å²) < 4.78 is 0. The van der Waals surface area contributed by atoms with E-state index in [2.05, 4.69) is 21.8 Å². The lowest BCUT2D eigenvalue weighted by atomic mass is 9.86. The molecule has 4 heteroatoms. The van der Waals surface area contributed by atoms with Crippen LogP contribution in [-0.2, 0) is 0 Å². The Hall–Kier alpha value is -1.42. The predicted molar refractivity (Wildman–Crippen MR) is 61.8 cm³/mol. The van der Waals surface area contributed by atoms with Crippen molar-refractivity contribution < 1.29 is 4.79 Å². The van der Waals surface area contributed by atoms with Crippen molar-refractivity contribution in [3.63, 3.8) is 0 Å². The van der Waals surface area contributed by atoms with Crippen LogP contribution in [0.15, 0.2) is 18.2 Å². The van der Waals surface area contributed by atoms with Crippen molar-refractivity contribution in [2.75, 3.05) is 25.0 Å². The van der Waals surface area contributed by atoms with E-state index in [9.17, 15) is 4.79 Å². The number of ketones is 1. The highest BCUT2D eigenvalue weighted by atomic mass is 16.1. The second-order valence-corrected chi connectivity index (χ2v) is 4.66. The van der Waals surface area contributed by atoms with E-state index >= 15 is 0 Å². The molecule has 0 aliphatic carbocycles. The third kappa shape index (κ3) is 1.26. The summed E-state index contributed by atoms with van der Waals surface area (Å²) in [7, 11) is 2.15. The predicted octanol–water partition coefficient (Wildman–Crippen LogP) is 0.787. The average molecular weight is 217 g/mol. The van der Waals surface area contributed by atoms with E-state index < -0.39 is 0 Å². The number of likely N-dealkylation sites (N-methyl/N-ethyl adjacent to an activating group) is 1. The van der Waals surface area contributed by atoms with E-state index in [0.717, 1.165) is 18.9 Å². The third-order valence-corrected chi connectivity index (χ3v) is 3.66. The molecule has 2 saturated heterocycles. The average Bonchev–Trinajstić information content (AvgIpc) is 2.26. The van der Waals surface area contributed by atoms with Crippen LogP contribution in [0.1, 0.15) is 17.4 Å². The Kier molecular flexibility index (Phi) is 2.01. The number of anilines is 1. The van der Waals surface area contributed by atoms with Crippen LogP contribution < -0.4 is 4.90 Å². The molecule has 1 unspecified atom stereocenters. The maximum atomic E-state index is 11.2. The van der Waals surface area contributed by atoms with Gasteiger partial charge in [-0.1, -0.05) is 6.07 Å². The highest BCUT2D eigenvalue weighted by Gasteiger charge is 2.50. The Labute approximate surface area is 94.9 Å². The van der Waals surface area contributed by atoms with Crippen LogP contribution in [0.4, 0.5) is 5.82 Å². The van der Waals surface area contributed by atoms with Gasteiger partial charge in [0.25, 0.3) is 0 Å². The fraction of sp³-hybridized carbons (Fsp3) is 0.500. The fourth-order valence-corrected chi connectivity index (χ4v) is 2.52. The number of Topliss-reactive ketones (excluding diaryl/α,β-unsaturated/α-hetero) is 1. The summed E-state index contributed by atoms with van der Waals surface area (Å²) in [5.41, 5.74) is 0.564. The molecule has 1 aromatic rings. The minimum absolute atomic E-state index is 0.0321. The molecule has 0 aromatic carbocycles. The van der Waals surface area contributed by atoms with Gasteiger partial charge in [-0.2, -0.15) is 0 Å². The highest BCUT2D eigenvalue weighted by molar-refractivity contribution is 5.92. The lowest BCUT2D eigenvalue weighted by Crippen LogP contribution is -2.78. The van der Waals surface area contributed by atoms with Crippen molar-refractivity contribution in [2.24, 2.45) is 0 Å².